The minimum Gasteiger partial charge on any atom is -0.465 e. The predicted octanol–water partition coefficient (Wildman–Crippen LogP) is 2.81. The Labute approximate surface area is 135 Å². The van der Waals surface area contributed by atoms with E-state index in [1.54, 1.807) is 24.3 Å². The molecule has 2 fully saturated rings. The van der Waals surface area contributed by atoms with Crippen LogP contribution in [-0.4, -0.2) is 24.8 Å². The molecule has 1 amide bonds. The minimum absolute atomic E-state index is 0.0552. The van der Waals surface area contributed by atoms with Gasteiger partial charge in [0, 0.05) is 23.4 Å². The highest BCUT2D eigenvalue weighted by Crippen LogP contribution is 2.40. The summed E-state index contributed by atoms with van der Waals surface area (Å²) in [5.41, 5.74) is 0.987. The zero-order chi connectivity index (χ0) is 16.4. The van der Waals surface area contributed by atoms with Crippen molar-refractivity contribution < 1.29 is 19.1 Å². The van der Waals surface area contributed by atoms with E-state index < -0.39 is 5.97 Å². The Morgan fingerprint density at radius 3 is 2.52 bits per heavy atom. The second-order valence-corrected chi connectivity index (χ2v) is 6.46. The van der Waals surface area contributed by atoms with Crippen molar-refractivity contribution in [3.63, 3.8) is 0 Å². The number of Topliss-reactive ketones (excluding diaryl/α,β-unsaturated/α-hetero) is 1. The normalized spacial score (nSPS) is 26.5. The molecule has 0 heterocycles. The number of benzene rings is 1. The fourth-order valence-electron chi connectivity index (χ4n) is 3.78. The second-order valence-electron chi connectivity index (χ2n) is 6.46. The molecule has 2 aliphatic rings. The Kier molecular flexibility index (Phi) is 4.46. The summed E-state index contributed by atoms with van der Waals surface area (Å²) in [6.45, 7) is 0. The molecule has 2 saturated carbocycles. The molecule has 1 aromatic rings. The van der Waals surface area contributed by atoms with E-state index in [0.29, 0.717) is 29.9 Å². The van der Waals surface area contributed by atoms with Gasteiger partial charge in [-0.15, -0.1) is 0 Å². The quantitative estimate of drug-likeness (QED) is 0.871. The first-order chi connectivity index (χ1) is 11.1. The number of hydrogen-bond acceptors (Lipinski definition) is 4. The minimum atomic E-state index is -0.432. The van der Waals surface area contributed by atoms with Crippen LogP contribution in [0.25, 0.3) is 0 Å². The van der Waals surface area contributed by atoms with Crippen molar-refractivity contribution >= 4 is 23.3 Å². The number of anilines is 1. The molecule has 2 aliphatic carbocycles. The average molecular weight is 315 g/mol. The van der Waals surface area contributed by atoms with Gasteiger partial charge in [0.1, 0.15) is 5.78 Å². The van der Waals surface area contributed by atoms with Gasteiger partial charge >= 0.3 is 5.97 Å². The number of fused-ring (bicyclic) bond motifs is 2. The summed E-state index contributed by atoms with van der Waals surface area (Å²) in [4.78, 5) is 36.2. The van der Waals surface area contributed by atoms with Crippen LogP contribution in [-0.2, 0) is 14.3 Å². The van der Waals surface area contributed by atoms with Crippen LogP contribution in [0, 0.1) is 17.8 Å². The van der Waals surface area contributed by atoms with E-state index in [4.69, 9.17) is 0 Å². The fourth-order valence-corrected chi connectivity index (χ4v) is 3.78. The maximum Gasteiger partial charge on any atom is 0.337 e. The molecule has 1 unspecified atom stereocenters. The third kappa shape index (κ3) is 3.28. The number of methoxy groups -OCH3 is 1. The summed E-state index contributed by atoms with van der Waals surface area (Å²) < 4.78 is 4.69. The van der Waals surface area contributed by atoms with Crippen LogP contribution in [0.5, 0.6) is 0 Å². The monoisotopic (exact) mass is 315 g/mol. The molecule has 5 heteroatoms. The maximum atomic E-state index is 12.5. The van der Waals surface area contributed by atoms with E-state index in [-0.39, 0.29) is 23.7 Å². The number of ketones is 1. The predicted molar refractivity (Wildman–Crippen MR) is 85.0 cm³/mol. The van der Waals surface area contributed by atoms with Gasteiger partial charge in [-0.2, -0.15) is 0 Å². The van der Waals surface area contributed by atoms with E-state index in [9.17, 15) is 14.4 Å². The van der Waals surface area contributed by atoms with Crippen LogP contribution in [0.15, 0.2) is 24.3 Å². The lowest BCUT2D eigenvalue weighted by Gasteiger charge is -2.36. The van der Waals surface area contributed by atoms with Crippen molar-refractivity contribution in [2.75, 3.05) is 12.4 Å². The van der Waals surface area contributed by atoms with Gasteiger partial charge in [0.2, 0.25) is 5.91 Å². The van der Waals surface area contributed by atoms with Crippen LogP contribution < -0.4 is 5.32 Å². The van der Waals surface area contributed by atoms with E-state index >= 15 is 0 Å². The molecule has 23 heavy (non-hydrogen) atoms. The lowest BCUT2D eigenvalue weighted by Crippen LogP contribution is -2.40. The van der Waals surface area contributed by atoms with Crippen LogP contribution >= 0.6 is 0 Å². The average Bonchev–Trinajstić information content (AvgIpc) is 2.54. The van der Waals surface area contributed by atoms with Crippen LogP contribution in [0.4, 0.5) is 5.69 Å². The largest absolute Gasteiger partial charge is 0.465 e. The first kappa shape index (κ1) is 15.7. The first-order valence-electron chi connectivity index (χ1n) is 8.11. The van der Waals surface area contributed by atoms with Crippen molar-refractivity contribution in [2.45, 2.75) is 32.1 Å². The molecule has 5 nitrogen and oxygen atoms in total. The Balaban J connectivity index is 1.68. The third-order valence-electron chi connectivity index (χ3n) is 4.97. The molecular formula is C18H21NO4. The molecule has 2 bridgehead atoms. The number of rotatable bonds is 3. The number of nitrogens with one attached hydrogen (secondary N) is 1. The molecule has 1 aromatic carbocycles. The molecule has 3 rings (SSSR count). The number of carbonyl (C=O) groups excluding carboxylic acids is 3. The van der Waals surface area contributed by atoms with E-state index in [1.807, 2.05) is 0 Å². The fraction of sp³-hybridized carbons (Fsp3) is 0.500. The SMILES string of the molecule is COC(=O)c1cccc(NC(=O)C2C[C@H]3CCC[C@@H](C2)C3=O)c1. The van der Waals surface area contributed by atoms with E-state index in [2.05, 4.69) is 10.1 Å². The van der Waals surface area contributed by atoms with Crippen molar-refractivity contribution in [1.29, 1.82) is 0 Å². The highest BCUT2D eigenvalue weighted by molar-refractivity contribution is 5.97. The second kappa shape index (κ2) is 6.52. The van der Waals surface area contributed by atoms with Crippen LogP contribution in [0.3, 0.4) is 0 Å². The highest BCUT2D eigenvalue weighted by atomic mass is 16.5. The summed E-state index contributed by atoms with van der Waals surface area (Å²) in [5.74, 6) is -0.146. The third-order valence-corrected chi connectivity index (χ3v) is 4.97. The zero-order valence-electron chi connectivity index (χ0n) is 13.2. The van der Waals surface area contributed by atoms with Gasteiger partial charge in [0.15, 0.2) is 0 Å². The topological polar surface area (TPSA) is 72.5 Å². The van der Waals surface area contributed by atoms with Gasteiger partial charge in [-0.25, -0.2) is 4.79 Å². The number of hydrogen-bond donors (Lipinski definition) is 1. The number of carbonyl (C=O) groups is 3. The number of amides is 1. The van der Waals surface area contributed by atoms with E-state index in [0.717, 1.165) is 19.3 Å². The number of ether oxygens (including phenoxy) is 1. The van der Waals surface area contributed by atoms with Crippen molar-refractivity contribution in [3.05, 3.63) is 29.8 Å². The molecule has 3 atom stereocenters. The highest BCUT2D eigenvalue weighted by Gasteiger charge is 2.41. The summed E-state index contributed by atoms with van der Waals surface area (Å²) in [6, 6.07) is 6.71. The van der Waals surface area contributed by atoms with Gasteiger partial charge in [-0.05, 0) is 43.9 Å². The van der Waals surface area contributed by atoms with Crippen molar-refractivity contribution in [3.8, 4) is 0 Å². The summed E-state index contributed by atoms with van der Waals surface area (Å²) in [7, 11) is 1.32. The summed E-state index contributed by atoms with van der Waals surface area (Å²) >= 11 is 0. The van der Waals surface area contributed by atoms with E-state index in [1.165, 1.54) is 7.11 Å². The summed E-state index contributed by atoms with van der Waals surface area (Å²) in [5, 5.41) is 2.88. The van der Waals surface area contributed by atoms with Gasteiger partial charge < -0.3 is 10.1 Å². The Bertz CT molecular complexity index is 624. The van der Waals surface area contributed by atoms with Crippen molar-refractivity contribution in [1.82, 2.24) is 0 Å². The zero-order valence-corrected chi connectivity index (χ0v) is 13.2. The molecule has 0 aromatic heterocycles. The summed E-state index contributed by atoms with van der Waals surface area (Å²) in [6.07, 6.45) is 4.22. The molecular weight excluding hydrogens is 294 g/mol. The number of esters is 1. The lowest BCUT2D eigenvalue weighted by molar-refractivity contribution is -0.136. The van der Waals surface area contributed by atoms with Gasteiger partial charge in [0.05, 0.1) is 12.7 Å². The molecule has 122 valence electrons. The van der Waals surface area contributed by atoms with Gasteiger partial charge in [-0.1, -0.05) is 12.5 Å². The molecule has 0 aliphatic heterocycles. The van der Waals surface area contributed by atoms with Gasteiger partial charge in [0.25, 0.3) is 0 Å². The smallest absolute Gasteiger partial charge is 0.337 e. The van der Waals surface area contributed by atoms with Crippen LogP contribution in [0.2, 0.25) is 0 Å². The van der Waals surface area contributed by atoms with Crippen molar-refractivity contribution in [2.24, 2.45) is 17.8 Å². The van der Waals surface area contributed by atoms with Gasteiger partial charge in [-0.3, -0.25) is 9.59 Å². The molecule has 0 spiro atoms. The lowest BCUT2D eigenvalue weighted by atomic mass is 9.67. The molecule has 0 saturated heterocycles. The Hall–Kier alpha value is -2.17. The standard InChI is InChI=1S/C18H21NO4/c1-23-18(22)13-6-3-7-15(10-13)19-17(21)14-8-11-4-2-5-12(9-14)16(11)20/h3,6-7,10-12,14H,2,4-5,8-9H2,1H3,(H,19,21)/t11-,12+,14?. The Morgan fingerprint density at radius 2 is 1.87 bits per heavy atom. The van der Waals surface area contributed by atoms with Crippen LogP contribution in [0.1, 0.15) is 42.5 Å². The maximum absolute atomic E-state index is 12.5. The molecule has 1 N–H and O–H groups in total. The molecule has 0 radical (unpaired) electrons. The Morgan fingerprint density at radius 1 is 1.17 bits per heavy atom. The first-order valence-corrected chi connectivity index (χ1v) is 8.11.